The van der Waals surface area contributed by atoms with E-state index in [0.29, 0.717) is 12.6 Å². The fourth-order valence-corrected chi connectivity index (χ4v) is 3.22. The monoisotopic (exact) mass is 355 g/mol. The minimum Gasteiger partial charge on any atom is -0.357 e. The highest BCUT2D eigenvalue weighted by Crippen LogP contribution is 2.19. The van der Waals surface area contributed by atoms with Gasteiger partial charge < -0.3 is 10.6 Å². The van der Waals surface area contributed by atoms with Gasteiger partial charge in [-0.05, 0) is 31.4 Å². The van der Waals surface area contributed by atoms with Gasteiger partial charge in [0, 0.05) is 39.3 Å². The van der Waals surface area contributed by atoms with E-state index in [2.05, 4.69) is 68.7 Å². The second kappa shape index (κ2) is 8.80. The van der Waals surface area contributed by atoms with Crippen molar-refractivity contribution in [2.75, 3.05) is 19.6 Å². The van der Waals surface area contributed by atoms with Crippen molar-refractivity contribution in [2.45, 2.75) is 39.4 Å². The molecule has 0 fully saturated rings. The zero-order chi connectivity index (χ0) is 18.4. The Morgan fingerprint density at radius 3 is 2.81 bits per heavy atom. The van der Waals surface area contributed by atoms with Gasteiger partial charge in [0.25, 0.3) is 0 Å². The lowest BCUT2D eigenvalue weighted by Crippen LogP contribution is -2.47. The summed E-state index contributed by atoms with van der Waals surface area (Å²) in [4.78, 5) is 11.4. The van der Waals surface area contributed by atoms with E-state index in [-0.39, 0.29) is 0 Å². The zero-order valence-electron chi connectivity index (χ0n) is 15.9. The second-order valence-corrected chi connectivity index (χ2v) is 6.71. The number of aryl methyl sites for hydroxylation is 1. The van der Waals surface area contributed by atoms with Crippen LogP contribution in [0, 0.1) is 0 Å². The molecule has 0 spiro atoms. The number of nitrogens with zero attached hydrogens (tertiary/aromatic N) is 5. The van der Waals surface area contributed by atoms with Crippen LogP contribution >= 0.6 is 0 Å². The van der Waals surface area contributed by atoms with Crippen LogP contribution in [0.15, 0.2) is 35.6 Å². The molecule has 2 heterocycles. The smallest absolute Gasteiger partial charge is 0.191 e. The van der Waals surface area contributed by atoms with Gasteiger partial charge in [-0.15, -0.1) is 0 Å². The highest BCUT2D eigenvalue weighted by atomic mass is 15.3. The van der Waals surface area contributed by atoms with Crippen molar-refractivity contribution in [3.63, 3.8) is 0 Å². The molecule has 1 unspecified atom stereocenters. The second-order valence-electron chi connectivity index (χ2n) is 6.71. The van der Waals surface area contributed by atoms with E-state index in [4.69, 9.17) is 0 Å². The summed E-state index contributed by atoms with van der Waals surface area (Å²) >= 11 is 0. The Bertz CT molecular complexity index is 737. The van der Waals surface area contributed by atoms with Crippen molar-refractivity contribution in [1.82, 2.24) is 30.3 Å². The minimum atomic E-state index is 0.432. The summed E-state index contributed by atoms with van der Waals surface area (Å²) in [6.07, 6.45) is 2.68. The maximum absolute atomic E-state index is 4.62. The van der Waals surface area contributed by atoms with E-state index in [1.54, 1.807) is 11.0 Å². The fraction of sp³-hybridized carbons (Fsp3) is 0.526. The molecule has 2 N–H and O–H groups in total. The normalized spacial score (nSPS) is 16.2. The summed E-state index contributed by atoms with van der Waals surface area (Å²) in [5.41, 5.74) is 2.94. The van der Waals surface area contributed by atoms with E-state index >= 15 is 0 Å². The molecular weight excluding hydrogens is 326 g/mol. The number of hydrogen-bond donors (Lipinski definition) is 2. The SMILES string of the molecule is CCNC(=NCc1ncnn1C)NCC(C)N1CCc2ccccc2C1. The molecule has 1 aliphatic rings. The molecule has 2 aromatic rings. The third-order valence-corrected chi connectivity index (χ3v) is 4.88. The standard InChI is InChI=1S/C19H29N7/c1-4-20-19(22-12-18-23-14-24-25(18)3)21-11-15(2)26-10-9-16-7-5-6-8-17(16)13-26/h5-8,14-15H,4,9-13H2,1-3H3,(H2,20,21,22). The molecule has 140 valence electrons. The van der Waals surface area contributed by atoms with Crippen LogP contribution < -0.4 is 10.6 Å². The van der Waals surface area contributed by atoms with Gasteiger partial charge in [-0.25, -0.2) is 9.98 Å². The largest absolute Gasteiger partial charge is 0.357 e. The van der Waals surface area contributed by atoms with Crippen LogP contribution in [0.1, 0.15) is 30.8 Å². The molecular formula is C19H29N7. The van der Waals surface area contributed by atoms with Gasteiger partial charge in [0.15, 0.2) is 5.96 Å². The van der Waals surface area contributed by atoms with Gasteiger partial charge in [-0.3, -0.25) is 9.58 Å². The molecule has 7 heteroatoms. The first-order chi connectivity index (χ1) is 12.7. The molecule has 26 heavy (non-hydrogen) atoms. The van der Waals surface area contributed by atoms with Crippen molar-refractivity contribution >= 4 is 5.96 Å². The molecule has 0 bridgehead atoms. The molecule has 0 radical (unpaired) electrons. The van der Waals surface area contributed by atoms with Crippen LogP contribution in [-0.4, -0.2) is 51.3 Å². The van der Waals surface area contributed by atoms with Crippen LogP contribution in [0.2, 0.25) is 0 Å². The molecule has 1 atom stereocenters. The van der Waals surface area contributed by atoms with Crippen molar-refractivity contribution in [1.29, 1.82) is 0 Å². The molecule has 0 saturated carbocycles. The Morgan fingerprint density at radius 2 is 2.08 bits per heavy atom. The van der Waals surface area contributed by atoms with Crippen molar-refractivity contribution in [3.05, 3.63) is 47.5 Å². The lowest BCUT2D eigenvalue weighted by atomic mass is 9.99. The zero-order valence-corrected chi connectivity index (χ0v) is 15.9. The number of nitrogens with one attached hydrogen (secondary N) is 2. The Labute approximate surface area is 155 Å². The third-order valence-electron chi connectivity index (χ3n) is 4.88. The molecule has 1 aromatic heterocycles. The van der Waals surface area contributed by atoms with Crippen LogP contribution in [0.3, 0.4) is 0 Å². The molecule has 3 rings (SSSR count). The number of aromatic nitrogens is 3. The topological polar surface area (TPSA) is 70.4 Å². The Kier molecular flexibility index (Phi) is 6.22. The first-order valence-corrected chi connectivity index (χ1v) is 9.33. The third kappa shape index (κ3) is 4.60. The van der Waals surface area contributed by atoms with Gasteiger partial charge in [0.1, 0.15) is 18.7 Å². The van der Waals surface area contributed by atoms with Crippen LogP contribution in [0.25, 0.3) is 0 Å². The first kappa shape index (κ1) is 18.4. The number of hydrogen-bond acceptors (Lipinski definition) is 4. The summed E-state index contributed by atoms with van der Waals surface area (Å²) in [6.45, 7) is 8.66. The highest BCUT2D eigenvalue weighted by Gasteiger charge is 2.20. The predicted octanol–water partition coefficient (Wildman–Crippen LogP) is 1.32. The van der Waals surface area contributed by atoms with Gasteiger partial charge in [0.05, 0.1) is 0 Å². The highest BCUT2D eigenvalue weighted by molar-refractivity contribution is 5.79. The molecule has 0 saturated heterocycles. The predicted molar refractivity (Wildman–Crippen MR) is 104 cm³/mol. The Morgan fingerprint density at radius 1 is 1.27 bits per heavy atom. The van der Waals surface area contributed by atoms with Crippen molar-refractivity contribution in [3.8, 4) is 0 Å². The molecule has 0 amide bonds. The summed E-state index contributed by atoms with van der Waals surface area (Å²) in [6, 6.07) is 9.19. The van der Waals surface area contributed by atoms with Gasteiger partial charge in [0.2, 0.25) is 0 Å². The van der Waals surface area contributed by atoms with Gasteiger partial charge in [-0.2, -0.15) is 5.10 Å². The van der Waals surface area contributed by atoms with E-state index in [1.807, 2.05) is 7.05 Å². The lowest BCUT2D eigenvalue weighted by molar-refractivity contribution is 0.191. The Balaban J connectivity index is 1.54. The average Bonchev–Trinajstić information content (AvgIpc) is 3.08. The molecule has 1 aromatic carbocycles. The minimum absolute atomic E-state index is 0.432. The van der Waals surface area contributed by atoms with E-state index in [1.165, 1.54) is 11.1 Å². The summed E-state index contributed by atoms with van der Waals surface area (Å²) in [5, 5.41) is 10.8. The average molecular weight is 355 g/mol. The van der Waals surface area contributed by atoms with Crippen LogP contribution in [0.5, 0.6) is 0 Å². The number of aliphatic imine (C=N–C) groups is 1. The molecule has 0 aliphatic carbocycles. The van der Waals surface area contributed by atoms with E-state index in [0.717, 1.165) is 44.4 Å². The van der Waals surface area contributed by atoms with Crippen LogP contribution in [0.4, 0.5) is 0 Å². The lowest BCUT2D eigenvalue weighted by Gasteiger charge is -2.34. The molecule has 1 aliphatic heterocycles. The maximum Gasteiger partial charge on any atom is 0.191 e. The fourth-order valence-electron chi connectivity index (χ4n) is 3.22. The number of rotatable bonds is 6. The number of fused-ring (bicyclic) bond motifs is 1. The quantitative estimate of drug-likeness (QED) is 0.604. The van der Waals surface area contributed by atoms with Gasteiger partial charge >= 0.3 is 0 Å². The van der Waals surface area contributed by atoms with Crippen molar-refractivity contribution in [2.24, 2.45) is 12.0 Å². The summed E-state index contributed by atoms with van der Waals surface area (Å²) in [5.74, 6) is 1.67. The van der Waals surface area contributed by atoms with Crippen LogP contribution in [-0.2, 0) is 26.6 Å². The van der Waals surface area contributed by atoms with Gasteiger partial charge in [-0.1, -0.05) is 24.3 Å². The van der Waals surface area contributed by atoms with Crippen molar-refractivity contribution < 1.29 is 0 Å². The Hall–Kier alpha value is -2.41. The van der Waals surface area contributed by atoms with E-state index < -0.39 is 0 Å². The van der Waals surface area contributed by atoms with E-state index in [9.17, 15) is 0 Å². The first-order valence-electron chi connectivity index (χ1n) is 9.33. The maximum atomic E-state index is 4.62. The summed E-state index contributed by atoms with van der Waals surface area (Å²) < 4.78 is 1.75. The summed E-state index contributed by atoms with van der Waals surface area (Å²) in [7, 11) is 1.88. The number of guanidine groups is 1. The molecule has 7 nitrogen and oxygen atoms in total. The number of benzene rings is 1.